The van der Waals surface area contributed by atoms with E-state index in [1.54, 1.807) is 0 Å². The Morgan fingerprint density at radius 3 is 2.02 bits per heavy atom. The highest BCUT2D eigenvalue weighted by atomic mass is 16.3. The van der Waals surface area contributed by atoms with Gasteiger partial charge in [-0.15, -0.1) is 0 Å². The van der Waals surface area contributed by atoms with Gasteiger partial charge in [-0.25, -0.2) is 15.0 Å². The van der Waals surface area contributed by atoms with Crippen LogP contribution in [0.4, 0.5) is 0 Å². The van der Waals surface area contributed by atoms with Crippen molar-refractivity contribution in [2.45, 2.75) is 6.42 Å². The monoisotopic (exact) mass is 577 g/mol. The molecule has 4 nitrogen and oxygen atoms in total. The van der Waals surface area contributed by atoms with E-state index in [4.69, 9.17) is 19.4 Å². The molecule has 5 aromatic carbocycles. The first kappa shape index (κ1) is 25.6. The lowest BCUT2D eigenvalue weighted by atomic mass is 9.77. The van der Waals surface area contributed by atoms with E-state index in [1.165, 1.54) is 27.8 Å². The molecule has 7 aromatic rings. The smallest absolute Gasteiger partial charge is 0.164 e. The summed E-state index contributed by atoms with van der Waals surface area (Å²) >= 11 is 0. The van der Waals surface area contributed by atoms with Crippen LogP contribution in [0.15, 0.2) is 144 Å². The van der Waals surface area contributed by atoms with Crippen LogP contribution in [0.2, 0.25) is 0 Å². The van der Waals surface area contributed by atoms with Crippen molar-refractivity contribution >= 4 is 39.2 Å². The first-order valence-electron chi connectivity index (χ1n) is 15.3. The van der Waals surface area contributed by atoms with Gasteiger partial charge in [0.05, 0.1) is 0 Å². The van der Waals surface area contributed by atoms with Gasteiger partial charge in [0.1, 0.15) is 11.2 Å². The molecule has 0 radical (unpaired) electrons. The Hall–Kier alpha value is -5.87. The van der Waals surface area contributed by atoms with E-state index in [2.05, 4.69) is 91.0 Å². The fourth-order valence-electron chi connectivity index (χ4n) is 6.58. The first-order valence-corrected chi connectivity index (χ1v) is 15.3. The molecule has 4 heteroatoms. The lowest BCUT2D eigenvalue weighted by molar-refractivity contribution is 0.669. The number of fused-ring (bicyclic) bond motifs is 6. The molecule has 212 valence electrons. The van der Waals surface area contributed by atoms with Crippen LogP contribution in [0.1, 0.15) is 23.1 Å². The minimum absolute atomic E-state index is 0.392. The fraction of sp³-hybridized carbons (Fsp3) is 0.0488. The molecule has 2 aliphatic carbocycles. The number of hydrogen-bond acceptors (Lipinski definition) is 4. The SMILES string of the molecule is C1=CC2CC(c3ccc(-c4nc(-c5ccccc5)nc(-c5ccc6c(c5)oc5ccccc56)n4)cc3)=CC=C2c2ccccc21. The zero-order chi connectivity index (χ0) is 29.7. The van der Waals surface area contributed by atoms with E-state index < -0.39 is 0 Å². The number of nitrogens with zero attached hydrogens (tertiary/aromatic N) is 3. The molecule has 0 spiro atoms. The van der Waals surface area contributed by atoms with Crippen molar-refractivity contribution in [1.29, 1.82) is 0 Å². The minimum atomic E-state index is 0.392. The summed E-state index contributed by atoms with van der Waals surface area (Å²) in [4.78, 5) is 14.8. The van der Waals surface area contributed by atoms with Crippen LogP contribution in [0.3, 0.4) is 0 Å². The highest BCUT2D eigenvalue weighted by Gasteiger charge is 2.23. The first-order chi connectivity index (χ1) is 22.3. The number of hydrogen-bond donors (Lipinski definition) is 0. The molecule has 45 heavy (non-hydrogen) atoms. The Balaban J connectivity index is 1.09. The molecule has 9 rings (SSSR count). The van der Waals surface area contributed by atoms with Crippen molar-refractivity contribution < 1.29 is 4.42 Å². The summed E-state index contributed by atoms with van der Waals surface area (Å²) in [6.45, 7) is 0. The Bertz CT molecular complexity index is 2340. The third-order valence-corrected chi connectivity index (χ3v) is 8.90. The molecule has 2 aromatic heterocycles. The molecule has 1 unspecified atom stereocenters. The highest BCUT2D eigenvalue weighted by molar-refractivity contribution is 6.05. The summed E-state index contributed by atoms with van der Waals surface area (Å²) in [5.74, 6) is 2.29. The van der Waals surface area contributed by atoms with Gasteiger partial charge in [0.15, 0.2) is 17.5 Å². The van der Waals surface area contributed by atoms with Crippen molar-refractivity contribution in [3.8, 4) is 34.2 Å². The molecule has 0 amide bonds. The van der Waals surface area contributed by atoms with Crippen molar-refractivity contribution in [2.24, 2.45) is 5.92 Å². The van der Waals surface area contributed by atoms with Gasteiger partial charge >= 0.3 is 0 Å². The number of allylic oxidation sites excluding steroid dienone is 5. The average Bonchev–Trinajstić information content (AvgIpc) is 3.49. The normalized spacial score (nSPS) is 15.4. The van der Waals surface area contributed by atoms with Gasteiger partial charge in [-0.05, 0) is 52.5 Å². The maximum atomic E-state index is 6.18. The summed E-state index contributed by atoms with van der Waals surface area (Å²) in [5, 5.41) is 2.18. The lowest BCUT2D eigenvalue weighted by Crippen LogP contribution is -2.09. The molecular formula is C41H27N3O. The second-order valence-corrected chi connectivity index (χ2v) is 11.6. The largest absolute Gasteiger partial charge is 0.456 e. The van der Waals surface area contributed by atoms with Gasteiger partial charge in [-0.2, -0.15) is 0 Å². The molecule has 2 aliphatic rings. The Kier molecular flexibility index (Phi) is 5.91. The Morgan fingerprint density at radius 2 is 1.18 bits per heavy atom. The molecule has 0 saturated heterocycles. The van der Waals surface area contributed by atoms with E-state index >= 15 is 0 Å². The van der Waals surface area contributed by atoms with Crippen LogP contribution < -0.4 is 0 Å². The van der Waals surface area contributed by atoms with Gasteiger partial charge in [0.2, 0.25) is 0 Å². The number of para-hydroxylation sites is 1. The molecule has 1 atom stereocenters. The predicted molar refractivity (Wildman–Crippen MR) is 183 cm³/mol. The van der Waals surface area contributed by atoms with Gasteiger partial charge in [0.25, 0.3) is 0 Å². The quantitative estimate of drug-likeness (QED) is 0.209. The summed E-state index contributed by atoms with van der Waals surface area (Å²) in [6.07, 6.45) is 10.2. The van der Waals surface area contributed by atoms with Gasteiger partial charge in [-0.3, -0.25) is 0 Å². The maximum absolute atomic E-state index is 6.18. The van der Waals surface area contributed by atoms with E-state index in [1.807, 2.05) is 54.6 Å². The molecule has 0 fully saturated rings. The lowest BCUT2D eigenvalue weighted by Gasteiger charge is -2.27. The maximum Gasteiger partial charge on any atom is 0.164 e. The van der Waals surface area contributed by atoms with Gasteiger partial charge < -0.3 is 4.42 Å². The fourth-order valence-corrected chi connectivity index (χ4v) is 6.58. The molecule has 0 saturated carbocycles. The third-order valence-electron chi connectivity index (χ3n) is 8.90. The van der Waals surface area contributed by atoms with E-state index in [0.29, 0.717) is 23.4 Å². The van der Waals surface area contributed by atoms with Crippen molar-refractivity contribution in [3.05, 3.63) is 156 Å². The van der Waals surface area contributed by atoms with Crippen LogP contribution >= 0.6 is 0 Å². The van der Waals surface area contributed by atoms with Crippen molar-refractivity contribution in [1.82, 2.24) is 15.0 Å². The second kappa shape index (κ2) is 10.4. The Morgan fingerprint density at radius 1 is 0.533 bits per heavy atom. The molecule has 0 N–H and O–H groups in total. The van der Waals surface area contributed by atoms with Crippen LogP contribution in [0.5, 0.6) is 0 Å². The van der Waals surface area contributed by atoms with Gasteiger partial charge in [-0.1, -0.05) is 127 Å². The number of rotatable bonds is 4. The molecule has 2 heterocycles. The summed E-state index contributed by atoms with van der Waals surface area (Å²) in [6, 6.07) is 41.6. The number of aromatic nitrogens is 3. The van der Waals surface area contributed by atoms with Crippen LogP contribution in [-0.2, 0) is 0 Å². The zero-order valence-corrected chi connectivity index (χ0v) is 24.4. The molecule has 0 aliphatic heterocycles. The summed E-state index contributed by atoms with van der Waals surface area (Å²) in [5.41, 5.74) is 11.1. The minimum Gasteiger partial charge on any atom is -0.456 e. The topological polar surface area (TPSA) is 51.8 Å². The standard InChI is InChI=1S/C41H27N3O/c1-2-9-28(10-3-1)39-42-40(44-41(43-39)32-21-23-36-35-12-6-7-13-37(35)45-38(36)25-32)29-17-14-26(15-18-29)30-20-22-34-31(24-30)19-16-27-8-4-5-11-33(27)34/h1-23,25,31H,24H2. The number of furan rings is 1. The van der Waals surface area contributed by atoms with E-state index in [9.17, 15) is 0 Å². The second-order valence-electron chi connectivity index (χ2n) is 11.6. The molecular weight excluding hydrogens is 550 g/mol. The van der Waals surface area contributed by atoms with Crippen molar-refractivity contribution in [2.75, 3.05) is 0 Å². The summed E-state index contributed by atoms with van der Waals surface area (Å²) in [7, 11) is 0. The van der Waals surface area contributed by atoms with Crippen LogP contribution in [0, 0.1) is 5.92 Å². The number of benzene rings is 5. The van der Waals surface area contributed by atoms with Gasteiger partial charge in [0, 0.05) is 33.4 Å². The highest BCUT2D eigenvalue weighted by Crippen LogP contribution is 2.42. The summed E-state index contributed by atoms with van der Waals surface area (Å²) < 4.78 is 6.18. The Labute approximate surface area is 260 Å². The van der Waals surface area contributed by atoms with Crippen LogP contribution in [-0.4, -0.2) is 15.0 Å². The predicted octanol–water partition coefficient (Wildman–Crippen LogP) is 10.3. The van der Waals surface area contributed by atoms with Crippen molar-refractivity contribution in [3.63, 3.8) is 0 Å². The molecule has 0 bridgehead atoms. The van der Waals surface area contributed by atoms with E-state index in [0.717, 1.165) is 45.0 Å². The van der Waals surface area contributed by atoms with E-state index in [-0.39, 0.29) is 0 Å². The average molecular weight is 578 g/mol. The van der Waals surface area contributed by atoms with Crippen LogP contribution in [0.25, 0.3) is 73.3 Å². The third kappa shape index (κ3) is 4.50. The zero-order valence-electron chi connectivity index (χ0n) is 24.4.